The molecule has 1 aromatic carbocycles. The zero-order valence-corrected chi connectivity index (χ0v) is 8.69. The monoisotopic (exact) mass is 204 g/mol. The third-order valence-electron chi connectivity index (χ3n) is 1.78. The Bertz CT molecular complexity index is 405. The van der Waals surface area contributed by atoms with E-state index in [2.05, 4.69) is 0 Å². The van der Waals surface area contributed by atoms with Gasteiger partial charge in [-0.3, -0.25) is 9.59 Å². The van der Waals surface area contributed by atoms with Gasteiger partial charge in [-0.05, 0) is 30.7 Å². The molecular formula is C12H12O3. The zero-order valence-electron chi connectivity index (χ0n) is 8.69. The summed E-state index contributed by atoms with van der Waals surface area (Å²) in [6.45, 7) is 3.25. The van der Waals surface area contributed by atoms with Crippen molar-refractivity contribution in [3.05, 3.63) is 35.4 Å². The molecule has 0 aromatic heterocycles. The summed E-state index contributed by atoms with van der Waals surface area (Å²) >= 11 is 0. The molecule has 0 unspecified atom stereocenters. The van der Waals surface area contributed by atoms with Crippen LogP contribution >= 0.6 is 0 Å². The molecule has 15 heavy (non-hydrogen) atoms. The molecular weight excluding hydrogens is 192 g/mol. The second kappa shape index (κ2) is 5.10. The topological polar surface area (TPSA) is 43.4 Å². The molecule has 3 nitrogen and oxygen atoms in total. The summed E-state index contributed by atoms with van der Waals surface area (Å²) in [5.41, 5.74) is 1.71. The van der Waals surface area contributed by atoms with E-state index in [-0.39, 0.29) is 5.97 Å². The smallest absolute Gasteiger partial charge is 0.308 e. The standard InChI is InChI=1S/C12H12O3/c1-9-5-6-11(4-3-7-13)12(8-9)15-10(2)14/h3-8H,1-2H3/b4-3-. The van der Waals surface area contributed by atoms with E-state index in [0.717, 1.165) is 5.56 Å². The van der Waals surface area contributed by atoms with Gasteiger partial charge in [0.15, 0.2) is 0 Å². The molecule has 0 amide bonds. The van der Waals surface area contributed by atoms with E-state index in [9.17, 15) is 9.59 Å². The number of hydrogen-bond donors (Lipinski definition) is 0. The van der Waals surface area contributed by atoms with E-state index < -0.39 is 0 Å². The van der Waals surface area contributed by atoms with Crippen molar-refractivity contribution in [3.8, 4) is 5.75 Å². The van der Waals surface area contributed by atoms with Crippen LogP contribution in [0.2, 0.25) is 0 Å². The summed E-state index contributed by atoms with van der Waals surface area (Å²) in [6.07, 6.45) is 3.64. The first-order chi connectivity index (χ1) is 7.13. The Morgan fingerprint density at radius 3 is 2.73 bits per heavy atom. The highest BCUT2D eigenvalue weighted by Crippen LogP contribution is 2.21. The average Bonchev–Trinajstić information content (AvgIpc) is 2.16. The third kappa shape index (κ3) is 3.38. The summed E-state index contributed by atoms with van der Waals surface area (Å²) < 4.78 is 5.02. The Hall–Kier alpha value is -1.90. The molecule has 0 saturated heterocycles. The van der Waals surface area contributed by atoms with E-state index in [1.807, 2.05) is 13.0 Å². The van der Waals surface area contributed by atoms with Crippen LogP contribution in [0.1, 0.15) is 18.1 Å². The van der Waals surface area contributed by atoms with Crippen molar-refractivity contribution in [2.75, 3.05) is 0 Å². The van der Waals surface area contributed by atoms with Crippen molar-refractivity contribution in [1.29, 1.82) is 0 Å². The fraction of sp³-hybridized carbons (Fsp3) is 0.167. The molecule has 0 atom stereocenters. The van der Waals surface area contributed by atoms with Crippen molar-refractivity contribution >= 4 is 18.3 Å². The first kappa shape index (κ1) is 11.2. The molecule has 0 aliphatic rings. The van der Waals surface area contributed by atoms with Gasteiger partial charge in [0.2, 0.25) is 0 Å². The van der Waals surface area contributed by atoms with Gasteiger partial charge in [-0.1, -0.05) is 12.1 Å². The number of benzene rings is 1. The van der Waals surface area contributed by atoms with Gasteiger partial charge in [0, 0.05) is 12.5 Å². The maximum atomic E-state index is 10.8. The van der Waals surface area contributed by atoms with Gasteiger partial charge in [-0.2, -0.15) is 0 Å². The van der Waals surface area contributed by atoms with E-state index in [1.54, 1.807) is 18.2 Å². The highest BCUT2D eigenvalue weighted by molar-refractivity contribution is 5.77. The lowest BCUT2D eigenvalue weighted by atomic mass is 10.1. The average molecular weight is 204 g/mol. The molecule has 0 aliphatic carbocycles. The molecule has 3 heteroatoms. The van der Waals surface area contributed by atoms with Gasteiger partial charge in [0.1, 0.15) is 12.0 Å². The number of allylic oxidation sites excluding steroid dienone is 1. The highest BCUT2D eigenvalue weighted by atomic mass is 16.5. The van der Waals surface area contributed by atoms with Crippen LogP contribution < -0.4 is 4.74 Å². The predicted molar refractivity (Wildman–Crippen MR) is 57.6 cm³/mol. The molecule has 78 valence electrons. The lowest BCUT2D eigenvalue weighted by Crippen LogP contribution is -2.02. The molecule has 0 heterocycles. The number of ether oxygens (including phenoxy) is 1. The van der Waals surface area contributed by atoms with Crippen molar-refractivity contribution < 1.29 is 14.3 Å². The lowest BCUT2D eigenvalue weighted by Gasteiger charge is -2.06. The van der Waals surface area contributed by atoms with Crippen LogP contribution in [0.4, 0.5) is 0 Å². The molecule has 1 aromatic rings. The molecule has 0 spiro atoms. The lowest BCUT2D eigenvalue weighted by molar-refractivity contribution is -0.131. The van der Waals surface area contributed by atoms with E-state index in [1.165, 1.54) is 13.0 Å². The fourth-order valence-electron chi connectivity index (χ4n) is 1.17. The van der Waals surface area contributed by atoms with Crippen molar-refractivity contribution in [2.45, 2.75) is 13.8 Å². The minimum atomic E-state index is -0.374. The van der Waals surface area contributed by atoms with Gasteiger partial charge in [0.25, 0.3) is 0 Å². The number of carbonyl (C=O) groups is 2. The summed E-state index contributed by atoms with van der Waals surface area (Å²) in [7, 11) is 0. The van der Waals surface area contributed by atoms with Gasteiger partial charge in [0.05, 0.1) is 0 Å². The number of esters is 1. The molecule has 0 bridgehead atoms. The first-order valence-electron chi connectivity index (χ1n) is 4.54. The number of aldehydes is 1. The number of hydrogen-bond acceptors (Lipinski definition) is 3. The molecule has 0 N–H and O–H groups in total. The normalized spacial score (nSPS) is 10.3. The first-order valence-corrected chi connectivity index (χ1v) is 4.54. The molecule has 1 rings (SSSR count). The van der Waals surface area contributed by atoms with Gasteiger partial charge >= 0.3 is 5.97 Å². The van der Waals surface area contributed by atoms with Crippen LogP contribution in [-0.4, -0.2) is 12.3 Å². The quantitative estimate of drug-likeness (QED) is 0.328. The Balaban J connectivity index is 3.07. The molecule has 0 saturated carbocycles. The van der Waals surface area contributed by atoms with Crippen LogP contribution in [-0.2, 0) is 9.59 Å². The predicted octanol–water partition coefficient (Wildman–Crippen LogP) is 2.13. The maximum absolute atomic E-state index is 10.8. The minimum Gasteiger partial charge on any atom is -0.426 e. The Morgan fingerprint density at radius 1 is 1.40 bits per heavy atom. The summed E-state index contributed by atoms with van der Waals surface area (Å²) in [5, 5.41) is 0. The van der Waals surface area contributed by atoms with E-state index in [0.29, 0.717) is 17.6 Å². The zero-order chi connectivity index (χ0) is 11.3. The maximum Gasteiger partial charge on any atom is 0.308 e. The number of carbonyl (C=O) groups excluding carboxylic acids is 2. The fourth-order valence-corrected chi connectivity index (χ4v) is 1.17. The van der Waals surface area contributed by atoms with Crippen LogP contribution in [0, 0.1) is 6.92 Å². The largest absolute Gasteiger partial charge is 0.426 e. The van der Waals surface area contributed by atoms with Gasteiger partial charge < -0.3 is 4.74 Å². The van der Waals surface area contributed by atoms with Crippen molar-refractivity contribution in [3.63, 3.8) is 0 Å². The summed E-state index contributed by atoms with van der Waals surface area (Å²) in [6, 6.07) is 5.44. The molecule has 0 aliphatic heterocycles. The number of aryl methyl sites for hydroxylation is 1. The van der Waals surface area contributed by atoms with E-state index in [4.69, 9.17) is 4.74 Å². The van der Waals surface area contributed by atoms with Crippen LogP contribution in [0.25, 0.3) is 6.08 Å². The van der Waals surface area contributed by atoms with Crippen molar-refractivity contribution in [2.24, 2.45) is 0 Å². The second-order valence-electron chi connectivity index (χ2n) is 3.13. The van der Waals surface area contributed by atoms with E-state index >= 15 is 0 Å². The summed E-state index contributed by atoms with van der Waals surface area (Å²) in [4.78, 5) is 21.0. The minimum absolute atomic E-state index is 0.374. The second-order valence-corrected chi connectivity index (χ2v) is 3.13. The van der Waals surface area contributed by atoms with Crippen LogP contribution in [0.5, 0.6) is 5.75 Å². The Labute approximate surface area is 88.4 Å². The number of rotatable bonds is 3. The SMILES string of the molecule is CC(=O)Oc1cc(C)ccc1/C=C\C=O. The van der Waals surface area contributed by atoms with Crippen LogP contribution in [0.3, 0.4) is 0 Å². The van der Waals surface area contributed by atoms with Crippen LogP contribution in [0.15, 0.2) is 24.3 Å². The summed E-state index contributed by atoms with van der Waals surface area (Å²) in [5.74, 6) is 0.0990. The Kier molecular flexibility index (Phi) is 3.80. The molecule has 0 radical (unpaired) electrons. The van der Waals surface area contributed by atoms with Gasteiger partial charge in [-0.25, -0.2) is 0 Å². The van der Waals surface area contributed by atoms with Crippen molar-refractivity contribution in [1.82, 2.24) is 0 Å². The Morgan fingerprint density at radius 2 is 2.13 bits per heavy atom. The third-order valence-corrected chi connectivity index (χ3v) is 1.78. The van der Waals surface area contributed by atoms with Gasteiger partial charge in [-0.15, -0.1) is 0 Å². The molecule has 0 fully saturated rings. The highest BCUT2D eigenvalue weighted by Gasteiger charge is 2.03.